The van der Waals surface area contributed by atoms with Gasteiger partial charge in [-0.2, -0.15) is 5.10 Å². The summed E-state index contributed by atoms with van der Waals surface area (Å²) in [4.78, 5) is 0. The predicted molar refractivity (Wildman–Crippen MR) is 66.2 cm³/mol. The third kappa shape index (κ3) is 2.24. The molecule has 16 heavy (non-hydrogen) atoms. The Labute approximate surface area is 95.9 Å². The van der Waals surface area contributed by atoms with Crippen LogP contribution in [0.15, 0.2) is 36.4 Å². The van der Waals surface area contributed by atoms with Gasteiger partial charge in [0.2, 0.25) is 0 Å². The molecule has 2 N–H and O–H groups in total. The summed E-state index contributed by atoms with van der Waals surface area (Å²) in [6.07, 6.45) is 0. The minimum Gasteiger partial charge on any atom is -0.384 e. The second-order valence-corrected chi connectivity index (χ2v) is 4.20. The van der Waals surface area contributed by atoms with E-state index in [1.54, 1.807) is 0 Å². The Hall–Kier alpha value is -1.77. The third-order valence-electron chi connectivity index (χ3n) is 2.75. The van der Waals surface area contributed by atoms with Crippen molar-refractivity contribution in [3.8, 4) is 0 Å². The summed E-state index contributed by atoms with van der Waals surface area (Å²) < 4.78 is 1.87. The molecule has 1 aromatic carbocycles. The number of anilines is 1. The van der Waals surface area contributed by atoms with E-state index in [0.717, 1.165) is 18.1 Å². The van der Waals surface area contributed by atoms with Crippen molar-refractivity contribution in [3.05, 3.63) is 47.7 Å². The maximum absolute atomic E-state index is 5.87. The van der Waals surface area contributed by atoms with Crippen molar-refractivity contribution in [2.75, 3.05) is 5.73 Å². The molecule has 0 spiro atoms. The summed E-state index contributed by atoms with van der Waals surface area (Å²) in [7, 11) is 0. The van der Waals surface area contributed by atoms with Gasteiger partial charge in [0.25, 0.3) is 0 Å². The van der Waals surface area contributed by atoms with Crippen LogP contribution in [-0.4, -0.2) is 9.78 Å². The third-order valence-corrected chi connectivity index (χ3v) is 2.75. The fourth-order valence-electron chi connectivity index (χ4n) is 1.86. The molecule has 3 heteroatoms. The summed E-state index contributed by atoms with van der Waals surface area (Å²) >= 11 is 0. The molecule has 1 unspecified atom stereocenters. The Morgan fingerprint density at radius 1 is 1.31 bits per heavy atom. The molecule has 0 amide bonds. The first kappa shape index (κ1) is 10.7. The lowest BCUT2D eigenvalue weighted by Gasteiger charge is -2.12. The van der Waals surface area contributed by atoms with Crippen molar-refractivity contribution < 1.29 is 0 Å². The number of rotatable bonds is 3. The SMILES string of the molecule is Cc1cc(N)n(CC(C)c2ccccc2)n1. The van der Waals surface area contributed by atoms with Crippen LogP contribution in [0.1, 0.15) is 24.1 Å². The van der Waals surface area contributed by atoms with E-state index in [1.807, 2.05) is 23.7 Å². The molecule has 0 aliphatic carbocycles. The topological polar surface area (TPSA) is 43.8 Å². The first-order valence-electron chi connectivity index (χ1n) is 5.51. The molecule has 0 bridgehead atoms. The normalized spacial score (nSPS) is 12.6. The fourth-order valence-corrected chi connectivity index (χ4v) is 1.86. The molecule has 0 fully saturated rings. The first-order valence-corrected chi connectivity index (χ1v) is 5.51. The van der Waals surface area contributed by atoms with Crippen LogP contribution in [0, 0.1) is 6.92 Å². The fraction of sp³-hybridized carbons (Fsp3) is 0.308. The van der Waals surface area contributed by atoms with E-state index in [9.17, 15) is 0 Å². The van der Waals surface area contributed by atoms with Gasteiger partial charge in [-0.15, -0.1) is 0 Å². The molecule has 1 atom stereocenters. The van der Waals surface area contributed by atoms with Gasteiger partial charge >= 0.3 is 0 Å². The first-order chi connectivity index (χ1) is 7.66. The maximum Gasteiger partial charge on any atom is 0.121 e. The lowest BCUT2D eigenvalue weighted by molar-refractivity contribution is 0.547. The van der Waals surface area contributed by atoms with Crippen LogP contribution in [0.4, 0.5) is 5.82 Å². The second kappa shape index (κ2) is 4.39. The van der Waals surface area contributed by atoms with Crippen molar-refractivity contribution in [2.45, 2.75) is 26.3 Å². The average molecular weight is 215 g/mol. The van der Waals surface area contributed by atoms with Crippen molar-refractivity contribution in [3.63, 3.8) is 0 Å². The van der Waals surface area contributed by atoms with E-state index in [1.165, 1.54) is 5.56 Å². The summed E-state index contributed by atoms with van der Waals surface area (Å²) in [5.41, 5.74) is 8.15. The van der Waals surface area contributed by atoms with Gasteiger partial charge in [-0.25, -0.2) is 4.68 Å². The Morgan fingerprint density at radius 2 is 2.00 bits per heavy atom. The summed E-state index contributed by atoms with van der Waals surface area (Å²) in [5.74, 6) is 1.16. The van der Waals surface area contributed by atoms with Crippen molar-refractivity contribution >= 4 is 5.82 Å². The highest BCUT2D eigenvalue weighted by Crippen LogP contribution is 2.18. The standard InChI is InChI=1S/C13H17N3/c1-10(12-6-4-3-5-7-12)9-16-13(14)8-11(2)15-16/h3-8,10H,9,14H2,1-2H3. The maximum atomic E-state index is 5.87. The number of benzene rings is 1. The number of aromatic nitrogens is 2. The Kier molecular flexibility index (Phi) is 2.95. The smallest absolute Gasteiger partial charge is 0.121 e. The molecule has 0 saturated carbocycles. The monoisotopic (exact) mass is 215 g/mol. The summed E-state index contributed by atoms with van der Waals surface area (Å²) in [5, 5.41) is 4.37. The van der Waals surface area contributed by atoms with Crippen LogP contribution in [0.5, 0.6) is 0 Å². The zero-order chi connectivity index (χ0) is 11.5. The lowest BCUT2D eigenvalue weighted by Crippen LogP contribution is -2.10. The molecule has 2 aromatic rings. The summed E-state index contributed by atoms with van der Waals surface area (Å²) in [6.45, 7) is 4.97. The quantitative estimate of drug-likeness (QED) is 0.855. The van der Waals surface area contributed by atoms with Gasteiger partial charge in [0.05, 0.1) is 5.69 Å². The molecular formula is C13H17N3. The molecule has 2 rings (SSSR count). The number of nitrogens with zero attached hydrogens (tertiary/aromatic N) is 2. The summed E-state index contributed by atoms with van der Waals surface area (Å²) in [6, 6.07) is 12.3. The van der Waals surface area contributed by atoms with Gasteiger partial charge in [-0.3, -0.25) is 0 Å². The van der Waals surface area contributed by atoms with Crippen LogP contribution in [0.25, 0.3) is 0 Å². The van der Waals surface area contributed by atoms with Gasteiger partial charge in [-0.05, 0) is 12.5 Å². The lowest BCUT2D eigenvalue weighted by atomic mass is 10.0. The predicted octanol–water partition coefficient (Wildman–Crippen LogP) is 2.58. The molecule has 0 saturated heterocycles. The zero-order valence-electron chi connectivity index (χ0n) is 9.72. The van der Waals surface area contributed by atoms with Gasteiger partial charge in [0.1, 0.15) is 5.82 Å². The second-order valence-electron chi connectivity index (χ2n) is 4.20. The van der Waals surface area contributed by atoms with Crippen LogP contribution in [0.3, 0.4) is 0 Å². The number of nitrogen functional groups attached to an aromatic ring is 1. The van der Waals surface area contributed by atoms with E-state index in [4.69, 9.17) is 5.73 Å². The Morgan fingerprint density at radius 3 is 2.56 bits per heavy atom. The van der Waals surface area contributed by atoms with Gasteiger partial charge in [0, 0.05) is 18.5 Å². The average Bonchev–Trinajstić information content (AvgIpc) is 2.59. The highest BCUT2D eigenvalue weighted by Gasteiger charge is 2.08. The highest BCUT2D eigenvalue weighted by atomic mass is 15.3. The Balaban J connectivity index is 2.14. The molecule has 0 radical (unpaired) electrons. The van der Waals surface area contributed by atoms with Crippen molar-refractivity contribution in [1.29, 1.82) is 0 Å². The van der Waals surface area contributed by atoms with Crippen LogP contribution < -0.4 is 5.73 Å². The molecule has 0 aliphatic rings. The van der Waals surface area contributed by atoms with Gasteiger partial charge in [-0.1, -0.05) is 37.3 Å². The van der Waals surface area contributed by atoms with Gasteiger partial charge in [0.15, 0.2) is 0 Å². The molecular weight excluding hydrogens is 198 g/mol. The highest BCUT2D eigenvalue weighted by molar-refractivity contribution is 5.30. The minimum atomic E-state index is 0.419. The molecule has 1 heterocycles. The van der Waals surface area contributed by atoms with Crippen molar-refractivity contribution in [2.24, 2.45) is 0 Å². The van der Waals surface area contributed by atoms with Crippen LogP contribution in [0.2, 0.25) is 0 Å². The van der Waals surface area contributed by atoms with E-state index >= 15 is 0 Å². The number of hydrogen-bond acceptors (Lipinski definition) is 2. The van der Waals surface area contributed by atoms with E-state index < -0.39 is 0 Å². The van der Waals surface area contributed by atoms with Crippen molar-refractivity contribution in [1.82, 2.24) is 9.78 Å². The minimum absolute atomic E-state index is 0.419. The van der Waals surface area contributed by atoms with E-state index in [-0.39, 0.29) is 0 Å². The molecule has 1 aromatic heterocycles. The van der Waals surface area contributed by atoms with Gasteiger partial charge < -0.3 is 5.73 Å². The number of nitrogens with two attached hydrogens (primary N) is 1. The molecule has 0 aliphatic heterocycles. The van der Waals surface area contributed by atoms with Crippen LogP contribution in [-0.2, 0) is 6.54 Å². The number of hydrogen-bond donors (Lipinski definition) is 1. The zero-order valence-corrected chi connectivity index (χ0v) is 9.72. The van der Waals surface area contributed by atoms with Crippen LogP contribution >= 0.6 is 0 Å². The molecule has 3 nitrogen and oxygen atoms in total. The number of aryl methyl sites for hydroxylation is 1. The largest absolute Gasteiger partial charge is 0.384 e. The Bertz CT molecular complexity index is 459. The molecule has 84 valence electrons. The van der Waals surface area contributed by atoms with E-state index in [0.29, 0.717) is 5.92 Å². The van der Waals surface area contributed by atoms with E-state index in [2.05, 4.69) is 36.3 Å².